The van der Waals surface area contributed by atoms with Crippen LogP contribution in [0.1, 0.15) is 23.2 Å². The van der Waals surface area contributed by atoms with Crippen molar-refractivity contribution in [2.75, 3.05) is 17.6 Å². The fourth-order valence-electron chi connectivity index (χ4n) is 2.35. The Morgan fingerprint density at radius 1 is 1.45 bits per heavy atom. The average molecular weight is 289 g/mol. The summed E-state index contributed by atoms with van der Waals surface area (Å²) in [6.45, 7) is 0.886. The van der Waals surface area contributed by atoms with Crippen LogP contribution >= 0.6 is 11.8 Å². The van der Waals surface area contributed by atoms with Crippen LogP contribution in [-0.2, 0) is 0 Å². The summed E-state index contributed by atoms with van der Waals surface area (Å²) >= 11 is 1.99. The first-order chi connectivity index (χ1) is 9.74. The highest BCUT2D eigenvalue weighted by Gasteiger charge is 2.16. The number of carboxylic acids is 1. The van der Waals surface area contributed by atoms with E-state index in [0.29, 0.717) is 10.8 Å². The van der Waals surface area contributed by atoms with Crippen molar-refractivity contribution in [3.05, 3.63) is 30.1 Å². The molecule has 2 heterocycles. The number of thioether (sulfide) groups is 1. The second-order valence-corrected chi connectivity index (χ2v) is 6.18. The van der Waals surface area contributed by atoms with E-state index in [9.17, 15) is 4.79 Å². The summed E-state index contributed by atoms with van der Waals surface area (Å²) in [6.07, 6.45) is 3.99. The fourth-order valence-corrected chi connectivity index (χ4v) is 3.55. The fraction of sp³-hybridized carbons (Fsp3) is 0.357. The van der Waals surface area contributed by atoms with E-state index in [0.717, 1.165) is 17.7 Å². The Kier molecular flexibility index (Phi) is 3.73. The second kappa shape index (κ2) is 5.66. The van der Waals surface area contributed by atoms with Crippen LogP contribution in [0.25, 0.3) is 10.9 Å². The lowest BCUT2D eigenvalue weighted by Gasteiger charge is -2.12. The van der Waals surface area contributed by atoms with Gasteiger partial charge >= 0.3 is 5.97 Å². The number of hydrogen-bond donors (Lipinski definition) is 2. The van der Waals surface area contributed by atoms with Crippen LogP contribution in [0.4, 0.5) is 5.82 Å². The summed E-state index contributed by atoms with van der Waals surface area (Å²) in [4.78, 5) is 19.4. The molecule has 5 nitrogen and oxygen atoms in total. The van der Waals surface area contributed by atoms with Gasteiger partial charge in [0.25, 0.3) is 0 Å². The van der Waals surface area contributed by atoms with Crippen LogP contribution in [0.2, 0.25) is 0 Å². The van der Waals surface area contributed by atoms with E-state index in [-0.39, 0.29) is 5.56 Å². The van der Waals surface area contributed by atoms with E-state index in [1.165, 1.54) is 24.9 Å². The zero-order chi connectivity index (χ0) is 13.9. The van der Waals surface area contributed by atoms with E-state index < -0.39 is 5.97 Å². The first kappa shape index (κ1) is 13.2. The van der Waals surface area contributed by atoms with Crippen molar-refractivity contribution in [3.63, 3.8) is 0 Å². The van der Waals surface area contributed by atoms with Crippen molar-refractivity contribution < 1.29 is 9.90 Å². The topological polar surface area (TPSA) is 75.1 Å². The molecule has 104 valence electrons. The van der Waals surface area contributed by atoms with Gasteiger partial charge < -0.3 is 10.4 Å². The molecule has 2 aromatic rings. The molecule has 0 radical (unpaired) electrons. The molecule has 1 aliphatic heterocycles. The van der Waals surface area contributed by atoms with Gasteiger partial charge in [0.05, 0.1) is 11.1 Å². The first-order valence-corrected chi connectivity index (χ1v) is 7.62. The largest absolute Gasteiger partial charge is 0.478 e. The number of aromatic carboxylic acids is 1. The number of carboxylic acid groups (broad SMARTS) is 1. The van der Waals surface area contributed by atoms with Crippen LogP contribution in [0.3, 0.4) is 0 Å². The Morgan fingerprint density at radius 3 is 3.10 bits per heavy atom. The molecule has 0 aliphatic carbocycles. The van der Waals surface area contributed by atoms with Gasteiger partial charge in [-0.2, -0.15) is 11.8 Å². The predicted octanol–water partition coefficient (Wildman–Crippen LogP) is 2.64. The number of carbonyl (C=O) groups is 1. The monoisotopic (exact) mass is 289 g/mol. The number of fused-ring (bicyclic) bond motifs is 1. The minimum Gasteiger partial charge on any atom is -0.478 e. The minimum atomic E-state index is -0.942. The number of nitrogens with one attached hydrogen (secondary N) is 1. The predicted molar refractivity (Wildman–Crippen MR) is 80.5 cm³/mol. The summed E-state index contributed by atoms with van der Waals surface area (Å²) < 4.78 is 0. The zero-order valence-corrected chi connectivity index (χ0v) is 11.7. The molecule has 20 heavy (non-hydrogen) atoms. The van der Waals surface area contributed by atoms with Gasteiger partial charge in [-0.15, -0.1) is 0 Å². The van der Waals surface area contributed by atoms with Gasteiger partial charge in [-0.1, -0.05) is 0 Å². The zero-order valence-electron chi connectivity index (χ0n) is 10.9. The third-order valence-corrected chi connectivity index (χ3v) is 4.80. The van der Waals surface area contributed by atoms with Crippen molar-refractivity contribution >= 4 is 34.5 Å². The van der Waals surface area contributed by atoms with Gasteiger partial charge in [0.2, 0.25) is 0 Å². The van der Waals surface area contributed by atoms with Crippen LogP contribution in [0.15, 0.2) is 24.5 Å². The number of rotatable bonds is 4. The second-order valence-electron chi connectivity index (χ2n) is 4.78. The molecule has 1 atom stereocenters. The number of benzene rings is 1. The molecule has 0 spiro atoms. The summed E-state index contributed by atoms with van der Waals surface area (Å²) in [6, 6.07) is 4.93. The van der Waals surface area contributed by atoms with Gasteiger partial charge in [-0.3, -0.25) is 0 Å². The van der Waals surface area contributed by atoms with Crippen molar-refractivity contribution in [2.45, 2.75) is 18.1 Å². The summed E-state index contributed by atoms with van der Waals surface area (Å²) in [7, 11) is 0. The van der Waals surface area contributed by atoms with E-state index in [1.54, 1.807) is 18.2 Å². The van der Waals surface area contributed by atoms with E-state index in [4.69, 9.17) is 5.11 Å². The van der Waals surface area contributed by atoms with Gasteiger partial charge in [0.1, 0.15) is 12.1 Å². The Hall–Kier alpha value is -1.82. The smallest absolute Gasteiger partial charge is 0.335 e. The maximum Gasteiger partial charge on any atom is 0.335 e. The van der Waals surface area contributed by atoms with Crippen molar-refractivity contribution in [3.8, 4) is 0 Å². The summed E-state index contributed by atoms with van der Waals surface area (Å²) in [5.74, 6) is 1.07. The molecule has 1 aromatic carbocycles. The number of aromatic nitrogens is 2. The molecule has 0 saturated carbocycles. The molecular formula is C14H15N3O2S. The molecule has 0 bridgehead atoms. The third-order valence-electron chi connectivity index (χ3n) is 3.40. The molecule has 6 heteroatoms. The molecule has 2 N–H and O–H groups in total. The Balaban J connectivity index is 1.85. The molecule has 3 rings (SSSR count). The normalized spacial score (nSPS) is 18.3. The van der Waals surface area contributed by atoms with E-state index in [1.807, 2.05) is 11.8 Å². The lowest BCUT2D eigenvalue weighted by atomic mass is 10.1. The van der Waals surface area contributed by atoms with Crippen molar-refractivity contribution in [1.82, 2.24) is 9.97 Å². The third kappa shape index (κ3) is 2.70. The quantitative estimate of drug-likeness (QED) is 0.901. The molecule has 1 aromatic heterocycles. The lowest BCUT2D eigenvalue weighted by molar-refractivity contribution is 0.0697. The maximum atomic E-state index is 11.0. The molecule has 1 aliphatic rings. The van der Waals surface area contributed by atoms with Gasteiger partial charge in [-0.05, 0) is 36.8 Å². The minimum absolute atomic E-state index is 0.244. The maximum absolute atomic E-state index is 11.0. The molecule has 0 amide bonds. The van der Waals surface area contributed by atoms with Gasteiger partial charge in [-0.25, -0.2) is 14.8 Å². The Morgan fingerprint density at radius 2 is 2.35 bits per heavy atom. The van der Waals surface area contributed by atoms with Crippen molar-refractivity contribution in [1.29, 1.82) is 0 Å². The average Bonchev–Trinajstić information content (AvgIpc) is 2.97. The lowest BCUT2D eigenvalue weighted by Crippen LogP contribution is -2.14. The number of hydrogen-bond acceptors (Lipinski definition) is 5. The van der Waals surface area contributed by atoms with Crippen LogP contribution in [0, 0.1) is 0 Å². The van der Waals surface area contributed by atoms with Crippen LogP contribution in [0.5, 0.6) is 0 Å². The highest BCUT2D eigenvalue weighted by Crippen LogP contribution is 2.27. The highest BCUT2D eigenvalue weighted by atomic mass is 32.2. The molecule has 1 saturated heterocycles. The van der Waals surface area contributed by atoms with Crippen LogP contribution in [-0.4, -0.2) is 38.6 Å². The standard InChI is InChI=1S/C14H15N3O2S/c18-14(19)9-3-4-11-12(6-9)16-8-17-13(11)15-7-10-2-1-5-20-10/h3-4,6,8,10H,1-2,5,7H2,(H,18,19)(H,15,16,17). The van der Waals surface area contributed by atoms with Gasteiger partial charge in [0.15, 0.2) is 0 Å². The first-order valence-electron chi connectivity index (χ1n) is 6.57. The molecule has 1 fully saturated rings. The molecule has 1 unspecified atom stereocenters. The van der Waals surface area contributed by atoms with Crippen molar-refractivity contribution in [2.24, 2.45) is 0 Å². The van der Waals surface area contributed by atoms with Crippen LogP contribution < -0.4 is 5.32 Å². The Labute approximate surface area is 120 Å². The van der Waals surface area contributed by atoms with E-state index in [2.05, 4.69) is 15.3 Å². The summed E-state index contributed by atoms with van der Waals surface area (Å²) in [5.41, 5.74) is 0.898. The number of anilines is 1. The summed E-state index contributed by atoms with van der Waals surface area (Å²) in [5, 5.41) is 13.9. The van der Waals surface area contributed by atoms with Gasteiger partial charge in [0, 0.05) is 17.2 Å². The highest BCUT2D eigenvalue weighted by molar-refractivity contribution is 8.00. The Bertz CT molecular complexity index is 641. The SMILES string of the molecule is O=C(O)c1ccc2c(NCC3CCCS3)ncnc2c1. The van der Waals surface area contributed by atoms with E-state index >= 15 is 0 Å². The molecular weight excluding hydrogens is 274 g/mol. The number of nitrogens with zero attached hydrogens (tertiary/aromatic N) is 2.